The molecule has 1 aliphatic rings. The van der Waals surface area contributed by atoms with Crippen LogP contribution in [0, 0.1) is 5.41 Å². The Kier molecular flexibility index (Phi) is 12.0. The molecule has 0 spiro atoms. The summed E-state index contributed by atoms with van der Waals surface area (Å²) < 4.78 is 6.54. The zero-order valence-corrected chi connectivity index (χ0v) is 27.7. The van der Waals surface area contributed by atoms with Crippen LogP contribution in [-0.4, -0.2) is 75.9 Å². The fraction of sp³-hybridized carbons (Fsp3) is 0.588. The third kappa shape index (κ3) is 9.03. The molecule has 0 amide bonds. The van der Waals surface area contributed by atoms with Gasteiger partial charge in [0.2, 0.25) is 5.96 Å². The molecule has 8 nitrogen and oxygen atoms in total. The molecular weight excluding hydrogens is 522 g/mol. The summed E-state index contributed by atoms with van der Waals surface area (Å²) in [5.41, 5.74) is 4.20. The molecule has 1 aromatic heterocycles. The SMILES string of the molecule is CC[C@H](CNC)c1ccc(NC(=N/C=C(\C)[C@]2(C)COC(C)(C)C[C@H](N(C)c3cccc(CNC)n3)C2)N(C)C)cc1.[HH].[HH].[HH]. The first-order chi connectivity index (χ1) is 19.9. The van der Waals surface area contributed by atoms with Crippen molar-refractivity contribution < 1.29 is 9.02 Å². The van der Waals surface area contributed by atoms with Crippen LogP contribution >= 0.6 is 0 Å². The molecule has 1 saturated heterocycles. The Balaban J connectivity index is 0.00000645. The normalized spacial score (nSPS) is 21.9. The van der Waals surface area contributed by atoms with Gasteiger partial charge in [-0.3, -0.25) is 0 Å². The number of guanidine groups is 1. The van der Waals surface area contributed by atoms with E-state index in [1.54, 1.807) is 0 Å². The molecule has 0 saturated carbocycles. The molecule has 0 radical (unpaired) electrons. The van der Waals surface area contributed by atoms with Crippen molar-refractivity contribution >= 4 is 17.5 Å². The molecule has 2 aromatic rings. The van der Waals surface area contributed by atoms with E-state index in [0.29, 0.717) is 12.5 Å². The molecule has 1 aromatic carbocycles. The lowest BCUT2D eigenvalue weighted by Crippen LogP contribution is -2.39. The Morgan fingerprint density at radius 2 is 1.81 bits per heavy atom. The second-order valence-corrected chi connectivity index (χ2v) is 12.9. The summed E-state index contributed by atoms with van der Waals surface area (Å²) in [5, 5.41) is 10.0. The highest BCUT2D eigenvalue weighted by Crippen LogP contribution is 2.41. The van der Waals surface area contributed by atoms with Gasteiger partial charge in [0.15, 0.2) is 0 Å². The van der Waals surface area contributed by atoms with Crippen molar-refractivity contribution in [3.05, 3.63) is 65.5 Å². The highest BCUT2D eigenvalue weighted by Gasteiger charge is 2.40. The molecular formula is C34H61N7O. The highest BCUT2D eigenvalue weighted by atomic mass is 16.5. The second-order valence-electron chi connectivity index (χ2n) is 12.9. The highest BCUT2D eigenvalue weighted by molar-refractivity contribution is 5.93. The van der Waals surface area contributed by atoms with Crippen LogP contribution in [0.5, 0.6) is 0 Å². The molecule has 0 unspecified atom stereocenters. The lowest BCUT2D eigenvalue weighted by Gasteiger charge is -2.36. The number of ether oxygens (including phenoxy) is 1. The summed E-state index contributed by atoms with van der Waals surface area (Å²) in [7, 11) is 10.2. The number of rotatable bonds is 11. The predicted molar refractivity (Wildman–Crippen MR) is 185 cm³/mol. The van der Waals surface area contributed by atoms with E-state index in [2.05, 4.69) is 105 Å². The molecule has 42 heavy (non-hydrogen) atoms. The quantitative estimate of drug-likeness (QED) is 0.204. The van der Waals surface area contributed by atoms with E-state index < -0.39 is 0 Å². The summed E-state index contributed by atoms with van der Waals surface area (Å²) in [5.74, 6) is 2.30. The molecule has 3 atom stereocenters. The molecule has 3 N–H and O–H groups in total. The molecule has 0 bridgehead atoms. The number of hydrogen-bond donors (Lipinski definition) is 3. The monoisotopic (exact) mass is 583 g/mol. The first-order valence-corrected chi connectivity index (χ1v) is 15.3. The summed E-state index contributed by atoms with van der Waals surface area (Å²) in [6.45, 7) is 13.5. The van der Waals surface area contributed by atoms with Crippen molar-refractivity contribution in [2.45, 2.75) is 78.0 Å². The van der Waals surface area contributed by atoms with Crippen LogP contribution in [0.2, 0.25) is 0 Å². The third-order valence-electron chi connectivity index (χ3n) is 8.59. The standard InChI is InChI=1S/C34H55N7O.3H2/c1-11-26(22-35-6)27-15-17-28(18-16-27)39-32(40(8)9)37-21-25(2)34(5)20-30(19-33(3,4)42-24-34)41(10)31-14-12-13-29(38-31)23-36-7;;;/h12-18,21,26,30,35-36H,11,19-20,22-24H2,1-10H3,(H,37,39);3*1H/b25-21+;;;/t26-,30+,34+;;;/m1.../s1. The maximum atomic E-state index is 6.54. The van der Waals surface area contributed by atoms with Crippen molar-refractivity contribution in [2.75, 3.05) is 58.6 Å². The van der Waals surface area contributed by atoms with Gasteiger partial charge >= 0.3 is 0 Å². The molecule has 1 fully saturated rings. The largest absolute Gasteiger partial charge is 0.375 e. The van der Waals surface area contributed by atoms with Crippen molar-refractivity contribution in [1.29, 1.82) is 0 Å². The summed E-state index contributed by atoms with van der Waals surface area (Å²) >= 11 is 0. The Morgan fingerprint density at radius 3 is 2.43 bits per heavy atom. The molecule has 2 heterocycles. The molecule has 1 aliphatic heterocycles. The maximum absolute atomic E-state index is 6.54. The van der Waals surface area contributed by atoms with Crippen LogP contribution in [0.3, 0.4) is 0 Å². The van der Waals surface area contributed by atoms with E-state index in [0.717, 1.165) is 55.5 Å². The Morgan fingerprint density at radius 1 is 1.10 bits per heavy atom. The number of pyridine rings is 1. The van der Waals surface area contributed by atoms with E-state index in [1.165, 1.54) is 11.1 Å². The van der Waals surface area contributed by atoms with Gasteiger partial charge in [-0.25, -0.2) is 9.98 Å². The number of anilines is 2. The second kappa shape index (κ2) is 15.0. The number of hydrogen-bond acceptors (Lipinski definition) is 6. The van der Waals surface area contributed by atoms with E-state index >= 15 is 0 Å². The lowest BCUT2D eigenvalue weighted by atomic mass is 9.77. The van der Waals surface area contributed by atoms with Crippen molar-refractivity contribution in [2.24, 2.45) is 10.4 Å². The molecule has 238 valence electrons. The van der Waals surface area contributed by atoms with Crippen LogP contribution < -0.4 is 20.9 Å². The fourth-order valence-corrected chi connectivity index (χ4v) is 5.60. The number of aromatic nitrogens is 1. The smallest absolute Gasteiger partial charge is 0.202 e. The average Bonchev–Trinajstić information content (AvgIpc) is 3.09. The van der Waals surface area contributed by atoms with Gasteiger partial charge in [-0.2, -0.15) is 0 Å². The van der Waals surface area contributed by atoms with Crippen LogP contribution in [0.1, 0.15) is 75.3 Å². The van der Waals surface area contributed by atoms with Crippen LogP contribution in [0.25, 0.3) is 0 Å². The Bertz CT molecular complexity index is 1210. The molecule has 0 aliphatic carbocycles. The first-order valence-electron chi connectivity index (χ1n) is 15.3. The number of benzene rings is 1. The van der Waals surface area contributed by atoms with Crippen molar-refractivity contribution in [1.82, 2.24) is 20.5 Å². The van der Waals surface area contributed by atoms with Gasteiger partial charge in [0.05, 0.1) is 17.9 Å². The minimum absolute atomic E-state index is 0. The minimum atomic E-state index is -0.241. The van der Waals surface area contributed by atoms with Crippen LogP contribution in [0.4, 0.5) is 11.5 Å². The van der Waals surface area contributed by atoms with Crippen LogP contribution in [-0.2, 0) is 11.3 Å². The predicted octanol–water partition coefficient (Wildman–Crippen LogP) is 6.59. The van der Waals surface area contributed by atoms with Gasteiger partial charge in [-0.05, 0) is 95.4 Å². The average molecular weight is 584 g/mol. The van der Waals surface area contributed by atoms with Crippen molar-refractivity contribution in [3.8, 4) is 0 Å². The lowest BCUT2D eigenvalue weighted by molar-refractivity contribution is -0.0384. The number of aliphatic imine (C=N–C) groups is 1. The zero-order valence-electron chi connectivity index (χ0n) is 27.7. The van der Waals surface area contributed by atoms with Crippen LogP contribution in [0.15, 0.2) is 59.2 Å². The summed E-state index contributed by atoms with van der Waals surface area (Å²) in [6.07, 6.45) is 4.99. The van der Waals surface area contributed by atoms with E-state index in [4.69, 9.17) is 14.7 Å². The van der Waals surface area contributed by atoms with Crippen molar-refractivity contribution in [3.63, 3.8) is 0 Å². The topological polar surface area (TPSA) is 77.0 Å². The van der Waals surface area contributed by atoms with Gasteiger partial charge < -0.3 is 30.5 Å². The minimum Gasteiger partial charge on any atom is -0.375 e. The van der Waals surface area contributed by atoms with Gasteiger partial charge in [0, 0.05) is 61.9 Å². The zero-order chi connectivity index (χ0) is 30.9. The van der Waals surface area contributed by atoms with E-state index in [1.807, 2.05) is 39.3 Å². The Labute approximate surface area is 259 Å². The summed E-state index contributed by atoms with van der Waals surface area (Å²) in [4.78, 5) is 14.2. The number of nitrogens with zero attached hydrogens (tertiary/aromatic N) is 4. The van der Waals surface area contributed by atoms with E-state index in [9.17, 15) is 0 Å². The fourth-order valence-electron chi connectivity index (χ4n) is 5.60. The van der Waals surface area contributed by atoms with Gasteiger partial charge in [-0.15, -0.1) is 0 Å². The molecule has 3 rings (SSSR count). The molecule has 8 heteroatoms. The summed E-state index contributed by atoms with van der Waals surface area (Å²) in [6, 6.07) is 15.2. The Hall–Kier alpha value is -2.94. The van der Waals surface area contributed by atoms with E-state index in [-0.39, 0.29) is 21.3 Å². The van der Waals surface area contributed by atoms with Gasteiger partial charge in [-0.1, -0.05) is 32.0 Å². The number of likely N-dealkylation sites (N-methyl/N-ethyl adjacent to an activating group) is 1. The van der Waals surface area contributed by atoms with Gasteiger partial charge in [0.25, 0.3) is 0 Å². The van der Waals surface area contributed by atoms with Gasteiger partial charge in [0.1, 0.15) is 5.82 Å². The number of nitrogens with one attached hydrogen (secondary N) is 3. The first kappa shape index (κ1) is 33.6. The third-order valence-corrected chi connectivity index (χ3v) is 8.59. The maximum Gasteiger partial charge on any atom is 0.202 e.